The van der Waals surface area contributed by atoms with Crippen LogP contribution in [-0.2, 0) is 16.1 Å². The number of carbonyl (C=O) groups is 2. The van der Waals surface area contributed by atoms with Crippen molar-refractivity contribution in [1.82, 2.24) is 15.4 Å². The van der Waals surface area contributed by atoms with Crippen molar-refractivity contribution in [1.29, 1.82) is 0 Å². The molecule has 2 N–H and O–H groups in total. The van der Waals surface area contributed by atoms with E-state index in [1.807, 2.05) is 13.8 Å². The summed E-state index contributed by atoms with van der Waals surface area (Å²) in [4.78, 5) is 22.7. The van der Waals surface area contributed by atoms with Crippen LogP contribution < -0.4 is 5.32 Å². The number of carbonyl (C=O) groups excluding carboxylic acids is 1. The van der Waals surface area contributed by atoms with Crippen molar-refractivity contribution < 1.29 is 32.4 Å². The average molecular weight is 363 g/mol. The maximum absolute atomic E-state index is 11.4. The van der Waals surface area contributed by atoms with E-state index in [-0.39, 0.29) is 5.91 Å². The smallest absolute Gasteiger partial charge is 0.475 e. The van der Waals surface area contributed by atoms with Crippen LogP contribution in [0.15, 0.2) is 4.52 Å². The van der Waals surface area contributed by atoms with Gasteiger partial charge in [-0.1, -0.05) is 5.16 Å². The van der Waals surface area contributed by atoms with Crippen molar-refractivity contribution in [3.8, 4) is 0 Å². The van der Waals surface area contributed by atoms with E-state index in [1.54, 1.807) is 0 Å². The lowest BCUT2D eigenvalue weighted by Gasteiger charge is -2.31. The molecule has 0 bridgehead atoms. The lowest BCUT2D eigenvalue weighted by Crippen LogP contribution is -2.49. The number of hydrogen-bond donors (Lipinski definition) is 2. The first-order valence-electron chi connectivity index (χ1n) is 7.85. The molecule has 0 unspecified atom stereocenters. The van der Waals surface area contributed by atoms with E-state index in [0.29, 0.717) is 18.5 Å². The van der Waals surface area contributed by atoms with Crippen molar-refractivity contribution in [3.63, 3.8) is 0 Å². The Morgan fingerprint density at radius 2 is 2.04 bits per heavy atom. The number of nitrogens with zero attached hydrogens (tertiary/aromatic N) is 2. The third-order valence-electron chi connectivity index (χ3n) is 4.46. The molecule has 1 aromatic heterocycles. The number of piperidine rings is 1. The molecule has 0 aliphatic carbocycles. The molecule has 2 fully saturated rings. The van der Waals surface area contributed by atoms with Crippen LogP contribution in [0.4, 0.5) is 13.2 Å². The van der Waals surface area contributed by atoms with Crippen molar-refractivity contribution in [2.75, 3.05) is 6.54 Å². The first kappa shape index (κ1) is 19.2. The molecule has 10 heteroatoms. The number of rotatable bonds is 2. The molecule has 3 rings (SSSR count). The van der Waals surface area contributed by atoms with Crippen LogP contribution in [0.1, 0.15) is 36.3 Å². The van der Waals surface area contributed by atoms with E-state index in [2.05, 4.69) is 15.4 Å². The van der Waals surface area contributed by atoms with Crippen LogP contribution in [0.25, 0.3) is 0 Å². The van der Waals surface area contributed by atoms with E-state index >= 15 is 0 Å². The topological polar surface area (TPSA) is 95.7 Å². The Kier molecular flexibility index (Phi) is 5.71. The standard InChI is InChI=1S/C13H19N3O2.C2HF3O2/c1-8-10(9(2)18-15-8)7-16-6-5-11-12(16)3-4-13(17)14-11;3-2(4,5)1(6)7/h11-12H,3-7H2,1-2H3,(H,14,17);(H,6,7)/t11-,12+;/m1./s1. The largest absolute Gasteiger partial charge is 0.490 e. The van der Waals surface area contributed by atoms with Gasteiger partial charge in [0.1, 0.15) is 5.76 Å². The molecular formula is C15H20F3N3O4. The van der Waals surface area contributed by atoms with Crippen LogP contribution in [-0.4, -0.2) is 51.8 Å². The van der Waals surface area contributed by atoms with Crippen LogP contribution >= 0.6 is 0 Å². The second-order valence-corrected chi connectivity index (χ2v) is 6.14. The Balaban J connectivity index is 0.000000277. The predicted octanol–water partition coefficient (Wildman–Crippen LogP) is 1.78. The summed E-state index contributed by atoms with van der Waals surface area (Å²) in [7, 11) is 0. The minimum absolute atomic E-state index is 0.204. The van der Waals surface area contributed by atoms with Crippen molar-refractivity contribution in [3.05, 3.63) is 17.0 Å². The normalized spacial score (nSPS) is 23.5. The molecule has 2 aliphatic heterocycles. The van der Waals surface area contributed by atoms with Crippen LogP contribution in [0.3, 0.4) is 0 Å². The second kappa shape index (κ2) is 7.42. The number of aryl methyl sites for hydroxylation is 2. The van der Waals surface area contributed by atoms with Crippen molar-refractivity contribution in [2.24, 2.45) is 0 Å². The third-order valence-corrected chi connectivity index (χ3v) is 4.46. The van der Waals surface area contributed by atoms with Gasteiger partial charge in [0.05, 0.1) is 5.69 Å². The predicted molar refractivity (Wildman–Crippen MR) is 79.6 cm³/mol. The highest BCUT2D eigenvalue weighted by Crippen LogP contribution is 2.28. The molecule has 140 valence electrons. The molecule has 1 aromatic rings. The number of amides is 1. The molecule has 1 amide bonds. The molecule has 2 atom stereocenters. The van der Waals surface area contributed by atoms with Gasteiger partial charge in [-0.15, -0.1) is 0 Å². The number of fused-ring (bicyclic) bond motifs is 1. The molecule has 2 saturated heterocycles. The minimum Gasteiger partial charge on any atom is -0.475 e. The molecule has 0 saturated carbocycles. The van der Waals surface area contributed by atoms with E-state index in [9.17, 15) is 18.0 Å². The van der Waals surface area contributed by atoms with Gasteiger partial charge < -0.3 is 14.9 Å². The number of aliphatic carboxylic acids is 1. The Labute approximate surface area is 142 Å². The zero-order valence-electron chi connectivity index (χ0n) is 13.9. The van der Waals surface area contributed by atoms with Gasteiger partial charge in [-0.25, -0.2) is 4.79 Å². The number of alkyl halides is 3. The van der Waals surface area contributed by atoms with Crippen LogP contribution in [0.2, 0.25) is 0 Å². The van der Waals surface area contributed by atoms with E-state index in [0.717, 1.165) is 37.4 Å². The summed E-state index contributed by atoms with van der Waals surface area (Å²) in [6.45, 7) is 5.88. The number of nitrogens with one attached hydrogen (secondary N) is 1. The van der Waals surface area contributed by atoms with Crippen molar-refractivity contribution in [2.45, 2.75) is 57.9 Å². The number of halogens is 3. The van der Waals surface area contributed by atoms with Crippen LogP contribution in [0, 0.1) is 13.8 Å². The molecule has 2 aliphatic rings. The van der Waals surface area contributed by atoms with Gasteiger partial charge in [0.25, 0.3) is 0 Å². The van der Waals surface area contributed by atoms with Gasteiger partial charge in [0.2, 0.25) is 5.91 Å². The molecular weight excluding hydrogens is 343 g/mol. The first-order valence-corrected chi connectivity index (χ1v) is 7.85. The van der Waals surface area contributed by atoms with Crippen molar-refractivity contribution >= 4 is 11.9 Å². The minimum atomic E-state index is -5.08. The zero-order valence-corrected chi connectivity index (χ0v) is 13.9. The quantitative estimate of drug-likeness (QED) is 0.832. The molecule has 0 spiro atoms. The number of carboxylic acid groups (broad SMARTS) is 1. The molecule has 3 heterocycles. The van der Waals surface area contributed by atoms with E-state index < -0.39 is 12.1 Å². The monoisotopic (exact) mass is 363 g/mol. The first-order chi connectivity index (χ1) is 11.6. The maximum atomic E-state index is 11.4. The Hall–Kier alpha value is -2.10. The van der Waals surface area contributed by atoms with E-state index in [1.165, 1.54) is 5.56 Å². The summed E-state index contributed by atoms with van der Waals surface area (Å²) >= 11 is 0. The number of aromatic nitrogens is 1. The van der Waals surface area contributed by atoms with E-state index in [4.69, 9.17) is 14.4 Å². The summed E-state index contributed by atoms with van der Waals surface area (Å²) < 4.78 is 36.9. The third kappa shape index (κ3) is 4.71. The highest BCUT2D eigenvalue weighted by atomic mass is 19.4. The molecule has 7 nitrogen and oxygen atoms in total. The number of likely N-dealkylation sites (tertiary alicyclic amines) is 1. The van der Waals surface area contributed by atoms with Gasteiger partial charge in [-0.2, -0.15) is 13.2 Å². The summed E-state index contributed by atoms with van der Waals surface area (Å²) in [5, 5.41) is 14.2. The van der Waals surface area contributed by atoms with Gasteiger partial charge in [-0.3, -0.25) is 9.69 Å². The van der Waals surface area contributed by atoms with Crippen LogP contribution in [0.5, 0.6) is 0 Å². The maximum Gasteiger partial charge on any atom is 0.490 e. The fourth-order valence-electron chi connectivity index (χ4n) is 3.15. The van der Waals surface area contributed by atoms with Gasteiger partial charge in [0, 0.05) is 37.2 Å². The lowest BCUT2D eigenvalue weighted by molar-refractivity contribution is -0.192. The SMILES string of the molecule is Cc1noc(C)c1CN1CC[C@H]2NC(=O)CC[C@@H]21.O=C(O)C(F)(F)F. The molecule has 25 heavy (non-hydrogen) atoms. The summed E-state index contributed by atoms with van der Waals surface area (Å²) in [6.07, 6.45) is -2.40. The summed E-state index contributed by atoms with van der Waals surface area (Å²) in [5.41, 5.74) is 2.18. The molecule has 0 radical (unpaired) electrons. The zero-order chi connectivity index (χ0) is 18.8. The van der Waals surface area contributed by atoms with Gasteiger partial charge in [0.15, 0.2) is 0 Å². The Bertz CT molecular complexity index is 625. The number of carboxylic acids is 1. The van der Waals surface area contributed by atoms with Gasteiger partial charge in [-0.05, 0) is 26.7 Å². The lowest BCUT2D eigenvalue weighted by atomic mass is 9.98. The Morgan fingerprint density at radius 3 is 2.56 bits per heavy atom. The number of hydrogen-bond acceptors (Lipinski definition) is 5. The summed E-state index contributed by atoms with van der Waals surface area (Å²) in [5.74, 6) is -1.64. The Morgan fingerprint density at radius 1 is 1.40 bits per heavy atom. The fourth-order valence-corrected chi connectivity index (χ4v) is 3.15. The summed E-state index contributed by atoms with van der Waals surface area (Å²) in [6, 6.07) is 0.822. The second-order valence-electron chi connectivity index (χ2n) is 6.14. The highest BCUT2D eigenvalue weighted by Gasteiger charge is 2.39. The molecule has 0 aromatic carbocycles. The highest BCUT2D eigenvalue weighted by molar-refractivity contribution is 5.77. The van der Waals surface area contributed by atoms with Gasteiger partial charge >= 0.3 is 12.1 Å². The average Bonchev–Trinajstić information content (AvgIpc) is 3.05. The fraction of sp³-hybridized carbons (Fsp3) is 0.667.